The minimum absolute atomic E-state index is 0.283. The Balaban J connectivity index is 2.18. The van der Waals surface area contributed by atoms with Crippen LogP contribution in [0.5, 0.6) is 0 Å². The quantitative estimate of drug-likeness (QED) is 0.844. The first kappa shape index (κ1) is 12.2. The van der Waals surface area contributed by atoms with Crippen LogP contribution in [-0.4, -0.2) is 16.3 Å². The highest BCUT2D eigenvalue weighted by molar-refractivity contribution is 7.99. The van der Waals surface area contributed by atoms with Crippen LogP contribution in [0, 0.1) is 6.92 Å². The van der Waals surface area contributed by atoms with E-state index in [1.807, 2.05) is 36.9 Å². The van der Waals surface area contributed by atoms with E-state index in [1.54, 1.807) is 11.8 Å². The van der Waals surface area contributed by atoms with E-state index in [9.17, 15) is 0 Å². The van der Waals surface area contributed by atoms with Gasteiger partial charge in [0.2, 0.25) is 0 Å². The maximum Gasteiger partial charge on any atom is 0.0945 e. The van der Waals surface area contributed by atoms with Crippen molar-refractivity contribution in [1.82, 2.24) is 9.78 Å². The highest BCUT2D eigenvalue weighted by Gasteiger charge is 2.13. The van der Waals surface area contributed by atoms with Crippen LogP contribution in [0.3, 0.4) is 0 Å². The Labute approximate surface area is 106 Å². The molecule has 0 saturated heterocycles. The van der Waals surface area contributed by atoms with Gasteiger partial charge in [0.1, 0.15) is 0 Å². The van der Waals surface area contributed by atoms with Gasteiger partial charge in [0.15, 0.2) is 0 Å². The number of aromatic nitrogens is 2. The lowest BCUT2D eigenvalue weighted by atomic mass is 10.1. The summed E-state index contributed by atoms with van der Waals surface area (Å²) in [5, 5.41) is 5.78. The van der Waals surface area contributed by atoms with E-state index >= 15 is 0 Å². The summed E-state index contributed by atoms with van der Waals surface area (Å²) in [4.78, 5) is 0. The van der Waals surface area contributed by atoms with Crippen molar-refractivity contribution in [3.8, 4) is 0 Å². The van der Waals surface area contributed by atoms with Gasteiger partial charge in [-0.2, -0.15) is 5.10 Å². The van der Waals surface area contributed by atoms with Gasteiger partial charge in [-0.25, -0.2) is 0 Å². The first-order chi connectivity index (χ1) is 8.20. The van der Waals surface area contributed by atoms with Crippen LogP contribution in [0.4, 0.5) is 0 Å². The number of aryl methyl sites for hydroxylation is 2. The molecule has 0 fully saturated rings. The van der Waals surface area contributed by atoms with Gasteiger partial charge in [0.25, 0.3) is 0 Å². The molecular formula is C13H17N3S. The van der Waals surface area contributed by atoms with Gasteiger partial charge in [-0.15, -0.1) is 0 Å². The maximum atomic E-state index is 5.86. The SMILES string of the molecule is Cc1cc(SC(CN)c2ccccc2)n(C)n1. The van der Waals surface area contributed by atoms with E-state index in [1.165, 1.54) is 5.56 Å². The van der Waals surface area contributed by atoms with Crippen LogP contribution in [0.1, 0.15) is 16.5 Å². The summed E-state index contributed by atoms with van der Waals surface area (Å²) >= 11 is 1.76. The third-order valence-corrected chi connectivity index (χ3v) is 3.98. The zero-order chi connectivity index (χ0) is 12.3. The summed E-state index contributed by atoms with van der Waals surface area (Å²) in [6.45, 7) is 2.63. The third kappa shape index (κ3) is 2.90. The summed E-state index contributed by atoms with van der Waals surface area (Å²) in [5.41, 5.74) is 8.16. The van der Waals surface area contributed by atoms with Crippen LogP contribution in [0.15, 0.2) is 41.4 Å². The Morgan fingerprint density at radius 3 is 2.59 bits per heavy atom. The second-order valence-electron chi connectivity index (χ2n) is 4.00. The van der Waals surface area contributed by atoms with Crippen molar-refractivity contribution in [2.75, 3.05) is 6.54 Å². The van der Waals surface area contributed by atoms with E-state index in [0.29, 0.717) is 6.54 Å². The number of nitrogens with two attached hydrogens (primary N) is 1. The molecule has 0 aliphatic carbocycles. The smallest absolute Gasteiger partial charge is 0.0945 e. The standard InChI is InChI=1S/C13H17N3S/c1-10-8-13(16(2)15-10)17-12(9-14)11-6-4-3-5-7-11/h3-8,12H,9,14H2,1-2H3. The van der Waals surface area contributed by atoms with Gasteiger partial charge in [-0.3, -0.25) is 4.68 Å². The van der Waals surface area contributed by atoms with Gasteiger partial charge < -0.3 is 5.73 Å². The number of hydrogen-bond donors (Lipinski definition) is 1. The van der Waals surface area contributed by atoms with Crippen molar-refractivity contribution in [2.24, 2.45) is 12.8 Å². The summed E-state index contributed by atoms with van der Waals surface area (Å²) in [6.07, 6.45) is 0. The zero-order valence-electron chi connectivity index (χ0n) is 10.1. The first-order valence-electron chi connectivity index (χ1n) is 5.63. The molecule has 2 aromatic rings. The van der Waals surface area contributed by atoms with Gasteiger partial charge in [0.05, 0.1) is 10.7 Å². The molecule has 0 radical (unpaired) electrons. The molecule has 1 atom stereocenters. The van der Waals surface area contributed by atoms with Crippen molar-refractivity contribution in [2.45, 2.75) is 17.2 Å². The van der Waals surface area contributed by atoms with Gasteiger partial charge in [-0.1, -0.05) is 42.1 Å². The monoisotopic (exact) mass is 247 g/mol. The van der Waals surface area contributed by atoms with Crippen LogP contribution >= 0.6 is 11.8 Å². The topological polar surface area (TPSA) is 43.8 Å². The zero-order valence-corrected chi connectivity index (χ0v) is 10.9. The van der Waals surface area contributed by atoms with Gasteiger partial charge in [-0.05, 0) is 18.6 Å². The van der Waals surface area contributed by atoms with Crippen LogP contribution in [0.2, 0.25) is 0 Å². The van der Waals surface area contributed by atoms with E-state index < -0.39 is 0 Å². The Bertz CT molecular complexity index is 479. The molecule has 0 aliphatic rings. The largest absolute Gasteiger partial charge is 0.329 e. The average Bonchev–Trinajstić information content (AvgIpc) is 2.66. The molecule has 2 N–H and O–H groups in total. The predicted octanol–water partition coefficient (Wildman–Crippen LogP) is 2.52. The second-order valence-corrected chi connectivity index (χ2v) is 5.22. The fourth-order valence-corrected chi connectivity index (χ4v) is 2.88. The second kappa shape index (κ2) is 5.38. The molecule has 0 bridgehead atoms. The summed E-state index contributed by atoms with van der Waals surface area (Å²) in [5.74, 6) is 0. The van der Waals surface area contributed by atoms with E-state index in [4.69, 9.17) is 5.73 Å². The molecule has 1 heterocycles. The average molecular weight is 247 g/mol. The molecule has 90 valence electrons. The Kier molecular flexibility index (Phi) is 3.86. The molecule has 1 aromatic carbocycles. The molecule has 1 unspecified atom stereocenters. The van der Waals surface area contributed by atoms with E-state index in [0.717, 1.165) is 10.7 Å². The molecular weight excluding hydrogens is 230 g/mol. The molecule has 2 rings (SSSR count). The van der Waals surface area contributed by atoms with Crippen molar-refractivity contribution in [3.63, 3.8) is 0 Å². The van der Waals surface area contributed by atoms with Gasteiger partial charge >= 0.3 is 0 Å². The lowest BCUT2D eigenvalue weighted by molar-refractivity contribution is 0.690. The van der Waals surface area contributed by atoms with Crippen LogP contribution in [0.25, 0.3) is 0 Å². The summed E-state index contributed by atoms with van der Waals surface area (Å²) < 4.78 is 1.91. The Morgan fingerprint density at radius 2 is 2.06 bits per heavy atom. The van der Waals surface area contributed by atoms with Crippen LogP contribution in [-0.2, 0) is 7.05 Å². The van der Waals surface area contributed by atoms with Crippen LogP contribution < -0.4 is 5.73 Å². The van der Waals surface area contributed by atoms with Gasteiger partial charge in [0, 0.05) is 18.8 Å². The molecule has 0 saturated carbocycles. The normalized spacial score (nSPS) is 12.6. The minimum Gasteiger partial charge on any atom is -0.329 e. The number of rotatable bonds is 4. The number of nitrogens with zero attached hydrogens (tertiary/aromatic N) is 2. The van der Waals surface area contributed by atoms with Crippen molar-refractivity contribution in [1.29, 1.82) is 0 Å². The molecule has 0 spiro atoms. The van der Waals surface area contributed by atoms with Crippen molar-refractivity contribution in [3.05, 3.63) is 47.7 Å². The summed E-state index contributed by atoms with van der Waals surface area (Å²) in [7, 11) is 1.97. The fraction of sp³-hybridized carbons (Fsp3) is 0.308. The minimum atomic E-state index is 0.283. The lowest BCUT2D eigenvalue weighted by Gasteiger charge is -2.14. The van der Waals surface area contributed by atoms with E-state index in [-0.39, 0.29) is 5.25 Å². The van der Waals surface area contributed by atoms with E-state index in [2.05, 4.69) is 23.3 Å². The molecule has 17 heavy (non-hydrogen) atoms. The highest BCUT2D eigenvalue weighted by atomic mass is 32.2. The lowest BCUT2D eigenvalue weighted by Crippen LogP contribution is -2.10. The molecule has 0 amide bonds. The Hall–Kier alpha value is -1.26. The molecule has 4 heteroatoms. The molecule has 3 nitrogen and oxygen atoms in total. The maximum absolute atomic E-state index is 5.86. The van der Waals surface area contributed by atoms with Crippen molar-refractivity contribution >= 4 is 11.8 Å². The Morgan fingerprint density at radius 1 is 1.35 bits per heavy atom. The fourth-order valence-electron chi connectivity index (χ4n) is 1.76. The highest BCUT2D eigenvalue weighted by Crippen LogP contribution is 2.34. The molecule has 1 aromatic heterocycles. The number of benzene rings is 1. The molecule has 0 aliphatic heterocycles. The summed E-state index contributed by atoms with van der Waals surface area (Å²) in [6, 6.07) is 12.5. The van der Waals surface area contributed by atoms with Crippen molar-refractivity contribution < 1.29 is 0 Å². The third-order valence-electron chi connectivity index (χ3n) is 2.61. The number of hydrogen-bond acceptors (Lipinski definition) is 3. The number of thioether (sulfide) groups is 1. The first-order valence-corrected chi connectivity index (χ1v) is 6.51. The predicted molar refractivity (Wildman–Crippen MR) is 72.0 cm³/mol.